The number of anilines is 1. The van der Waals surface area contributed by atoms with Crippen LogP contribution in [-0.4, -0.2) is 40.9 Å². The molecule has 1 amide bonds. The highest BCUT2D eigenvalue weighted by Gasteiger charge is 2.21. The summed E-state index contributed by atoms with van der Waals surface area (Å²) in [6.45, 7) is 2.08. The molecule has 1 unspecified atom stereocenters. The highest BCUT2D eigenvalue weighted by atomic mass is 79.9. The van der Waals surface area contributed by atoms with Gasteiger partial charge in [-0.2, -0.15) is 11.8 Å². The lowest BCUT2D eigenvalue weighted by Crippen LogP contribution is -2.38. The molecule has 2 N–H and O–H groups in total. The zero-order chi connectivity index (χ0) is 13.7. The quantitative estimate of drug-likeness (QED) is 0.901. The molecule has 0 spiro atoms. The summed E-state index contributed by atoms with van der Waals surface area (Å²) in [5, 5.41) is 0. The molecule has 0 bridgehead atoms. The number of pyridine rings is 1. The van der Waals surface area contributed by atoms with E-state index in [9.17, 15) is 4.79 Å². The van der Waals surface area contributed by atoms with E-state index < -0.39 is 0 Å². The summed E-state index contributed by atoms with van der Waals surface area (Å²) in [4.78, 5) is 18.1. The van der Waals surface area contributed by atoms with Crippen LogP contribution < -0.4 is 5.73 Å². The largest absolute Gasteiger partial charge is 0.383 e. The molecule has 0 aliphatic rings. The van der Waals surface area contributed by atoms with Crippen molar-refractivity contribution in [2.24, 2.45) is 0 Å². The molecular formula is C12H18BrN3OS. The predicted octanol–water partition coefficient (Wildman–Crippen LogP) is 2.64. The van der Waals surface area contributed by atoms with Crippen LogP contribution in [0.4, 0.5) is 5.82 Å². The Kier molecular flexibility index (Phi) is 5.95. The lowest BCUT2D eigenvalue weighted by Gasteiger charge is -2.27. The molecule has 0 saturated heterocycles. The maximum atomic E-state index is 12.4. The van der Waals surface area contributed by atoms with Gasteiger partial charge < -0.3 is 10.6 Å². The van der Waals surface area contributed by atoms with Gasteiger partial charge in [0.25, 0.3) is 5.91 Å². The van der Waals surface area contributed by atoms with Crippen molar-refractivity contribution in [3.63, 3.8) is 0 Å². The van der Waals surface area contributed by atoms with Crippen molar-refractivity contribution in [2.45, 2.75) is 19.4 Å². The number of rotatable bonds is 5. The smallest absolute Gasteiger partial charge is 0.257 e. The molecule has 100 valence electrons. The molecule has 1 atom stereocenters. The lowest BCUT2D eigenvalue weighted by atomic mass is 10.1. The Hall–Kier alpha value is -0.750. The summed E-state index contributed by atoms with van der Waals surface area (Å²) < 4.78 is 0.756. The van der Waals surface area contributed by atoms with Gasteiger partial charge in [0.1, 0.15) is 5.82 Å². The monoisotopic (exact) mass is 331 g/mol. The molecule has 0 aliphatic heterocycles. The van der Waals surface area contributed by atoms with Crippen LogP contribution in [0.15, 0.2) is 16.7 Å². The first-order chi connectivity index (χ1) is 8.51. The van der Waals surface area contributed by atoms with Crippen molar-refractivity contribution in [3.8, 4) is 0 Å². The predicted molar refractivity (Wildman–Crippen MR) is 80.9 cm³/mol. The normalized spacial score (nSPS) is 12.2. The standard InChI is InChI=1S/C12H18BrN3OS/c1-4-9(7-18-3)16(2)12(17)10-5-8(13)6-15-11(10)14/h5-6,9H,4,7H2,1-3H3,(H2,14,15). The molecule has 1 aromatic heterocycles. The van der Waals surface area contributed by atoms with Crippen molar-refractivity contribution >= 4 is 39.4 Å². The van der Waals surface area contributed by atoms with Gasteiger partial charge in [0.05, 0.1) is 5.56 Å². The number of hydrogen-bond donors (Lipinski definition) is 1. The van der Waals surface area contributed by atoms with E-state index in [0.29, 0.717) is 5.56 Å². The van der Waals surface area contributed by atoms with E-state index in [4.69, 9.17) is 5.73 Å². The number of halogens is 1. The van der Waals surface area contributed by atoms with Gasteiger partial charge in [-0.25, -0.2) is 4.98 Å². The topological polar surface area (TPSA) is 59.2 Å². The average Bonchev–Trinajstić information content (AvgIpc) is 2.37. The Morgan fingerprint density at radius 1 is 1.67 bits per heavy atom. The maximum absolute atomic E-state index is 12.4. The van der Waals surface area contributed by atoms with E-state index in [0.717, 1.165) is 16.6 Å². The van der Waals surface area contributed by atoms with Gasteiger partial charge in [-0.15, -0.1) is 0 Å². The van der Waals surface area contributed by atoms with E-state index in [2.05, 4.69) is 27.8 Å². The SMILES string of the molecule is CCC(CSC)N(C)C(=O)c1cc(Br)cnc1N. The number of amides is 1. The first-order valence-corrected chi connectivity index (χ1v) is 7.87. The van der Waals surface area contributed by atoms with Crippen LogP contribution in [0, 0.1) is 0 Å². The van der Waals surface area contributed by atoms with Crippen molar-refractivity contribution in [2.75, 3.05) is 24.8 Å². The highest BCUT2D eigenvalue weighted by molar-refractivity contribution is 9.10. The minimum atomic E-state index is -0.0813. The first-order valence-electron chi connectivity index (χ1n) is 5.68. The van der Waals surface area contributed by atoms with E-state index in [1.807, 2.05) is 13.3 Å². The van der Waals surface area contributed by atoms with Gasteiger partial charge in [0, 0.05) is 29.5 Å². The van der Waals surface area contributed by atoms with E-state index in [1.54, 1.807) is 28.9 Å². The van der Waals surface area contributed by atoms with Gasteiger partial charge >= 0.3 is 0 Å². The average molecular weight is 332 g/mol. The molecule has 18 heavy (non-hydrogen) atoms. The third kappa shape index (κ3) is 3.62. The fourth-order valence-corrected chi connectivity index (χ4v) is 2.85. The third-order valence-electron chi connectivity index (χ3n) is 2.81. The summed E-state index contributed by atoms with van der Waals surface area (Å²) in [6.07, 6.45) is 4.55. The van der Waals surface area contributed by atoms with Crippen molar-refractivity contribution in [1.82, 2.24) is 9.88 Å². The molecule has 0 saturated carbocycles. The fraction of sp³-hybridized carbons (Fsp3) is 0.500. The number of nitrogens with zero attached hydrogens (tertiary/aromatic N) is 2. The Morgan fingerprint density at radius 2 is 2.33 bits per heavy atom. The Morgan fingerprint density at radius 3 is 2.89 bits per heavy atom. The summed E-state index contributed by atoms with van der Waals surface area (Å²) in [5.74, 6) is 1.11. The summed E-state index contributed by atoms with van der Waals surface area (Å²) in [6, 6.07) is 1.93. The number of nitrogens with two attached hydrogens (primary N) is 1. The van der Waals surface area contributed by atoms with Crippen LogP contribution >= 0.6 is 27.7 Å². The summed E-state index contributed by atoms with van der Waals surface area (Å²) >= 11 is 5.04. The maximum Gasteiger partial charge on any atom is 0.257 e. The van der Waals surface area contributed by atoms with Crippen molar-refractivity contribution < 1.29 is 4.79 Å². The van der Waals surface area contributed by atoms with Crippen LogP contribution in [0.3, 0.4) is 0 Å². The molecule has 1 heterocycles. The third-order valence-corrected chi connectivity index (χ3v) is 3.97. The second kappa shape index (κ2) is 6.99. The van der Waals surface area contributed by atoms with E-state index in [1.165, 1.54) is 0 Å². The Labute approximate surface area is 120 Å². The Bertz CT molecular complexity index is 428. The number of carbonyl (C=O) groups excluding carboxylic acids is 1. The number of carbonyl (C=O) groups is 1. The molecule has 4 nitrogen and oxygen atoms in total. The van der Waals surface area contributed by atoms with Crippen LogP contribution in [0.5, 0.6) is 0 Å². The first kappa shape index (κ1) is 15.3. The fourth-order valence-electron chi connectivity index (χ4n) is 1.67. The molecular weight excluding hydrogens is 314 g/mol. The van der Waals surface area contributed by atoms with Gasteiger partial charge in [-0.05, 0) is 34.7 Å². The minimum Gasteiger partial charge on any atom is -0.383 e. The second-order valence-corrected chi connectivity index (χ2v) is 5.85. The zero-order valence-electron chi connectivity index (χ0n) is 10.8. The van der Waals surface area contributed by atoms with E-state index >= 15 is 0 Å². The van der Waals surface area contributed by atoms with Gasteiger partial charge in [-0.3, -0.25) is 4.79 Å². The summed E-state index contributed by atoms with van der Waals surface area (Å²) in [7, 11) is 1.81. The van der Waals surface area contributed by atoms with E-state index in [-0.39, 0.29) is 17.8 Å². The molecule has 0 radical (unpaired) electrons. The van der Waals surface area contributed by atoms with Crippen LogP contribution in [0.25, 0.3) is 0 Å². The van der Waals surface area contributed by atoms with Crippen LogP contribution in [0.2, 0.25) is 0 Å². The van der Waals surface area contributed by atoms with Gasteiger partial charge in [0.15, 0.2) is 0 Å². The van der Waals surface area contributed by atoms with Crippen molar-refractivity contribution in [3.05, 3.63) is 22.3 Å². The molecule has 1 aromatic rings. The molecule has 0 aliphatic carbocycles. The molecule has 1 rings (SSSR count). The van der Waals surface area contributed by atoms with Gasteiger partial charge in [0.2, 0.25) is 0 Å². The molecule has 0 fully saturated rings. The number of aromatic nitrogens is 1. The number of nitrogen functional groups attached to an aromatic ring is 1. The van der Waals surface area contributed by atoms with Crippen molar-refractivity contribution in [1.29, 1.82) is 0 Å². The summed E-state index contributed by atoms with van der Waals surface area (Å²) in [5.41, 5.74) is 6.21. The molecule has 0 aromatic carbocycles. The highest BCUT2D eigenvalue weighted by Crippen LogP contribution is 2.19. The minimum absolute atomic E-state index is 0.0813. The molecule has 6 heteroatoms. The Balaban J connectivity index is 2.95. The number of thioether (sulfide) groups is 1. The zero-order valence-corrected chi connectivity index (χ0v) is 13.2. The second-order valence-electron chi connectivity index (χ2n) is 4.02. The van der Waals surface area contributed by atoms with Crippen LogP contribution in [0.1, 0.15) is 23.7 Å². The van der Waals surface area contributed by atoms with Crippen LogP contribution in [-0.2, 0) is 0 Å². The van der Waals surface area contributed by atoms with Gasteiger partial charge in [-0.1, -0.05) is 6.92 Å². The number of hydrogen-bond acceptors (Lipinski definition) is 4. The lowest BCUT2D eigenvalue weighted by molar-refractivity contribution is 0.0744.